The summed E-state index contributed by atoms with van der Waals surface area (Å²) in [6, 6.07) is 5.69. The summed E-state index contributed by atoms with van der Waals surface area (Å²) in [5.41, 5.74) is 0.666. The van der Waals surface area contributed by atoms with Crippen LogP contribution in [0.1, 0.15) is 49.4 Å². The third kappa shape index (κ3) is 3.30. The molecular weight excluding hydrogens is 298 g/mol. The van der Waals surface area contributed by atoms with Gasteiger partial charge in [-0.25, -0.2) is 0 Å². The van der Waals surface area contributed by atoms with Crippen LogP contribution in [-0.2, 0) is 4.79 Å². The first-order chi connectivity index (χ1) is 10.6. The molecule has 0 saturated heterocycles. The van der Waals surface area contributed by atoms with Gasteiger partial charge in [0.05, 0.1) is 5.56 Å². The second-order valence-corrected chi connectivity index (χ2v) is 6.62. The Kier molecular flexibility index (Phi) is 4.43. The zero-order valence-electron chi connectivity index (χ0n) is 12.6. The average molecular weight is 317 g/mol. The molecule has 1 aromatic heterocycles. The SMILES string of the molecule is CC(=O)Oc1ccc2scc(C(=O)NC3CCCCC3)c2c1. The molecule has 3 rings (SSSR count). The molecule has 1 aliphatic rings. The summed E-state index contributed by atoms with van der Waals surface area (Å²) in [5.74, 6) is 0.0889. The predicted molar refractivity (Wildman–Crippen MR) is 87.5 cm³/mol. The van der Waals surface area contributed by atoms with E-state index in [9.17, 15) is 9.59 Å². The lowest BCUT2D eigenvalue weighted by atomic mass is 9.95. The normalized spacial score (nSPS) is 15.7. The molecule has 1 aromatic carbocycles. The number of amides is 1. The van der Waals surface area contributed by atoms with Gasteiger partial charge in [0.25, 0.3) is 5.91 Å². The third-order valence-electron chi connectivity index (χ3n) is 3.99. The van der Waals surface area contributed by atoms with E-state index in [0.717, 1.165) is 22.9 Å². The van der Waals surface area contributed by atoms with E-state index in [1.165, 1.54) is 37.5 Å². The number of ether oxygens (including phenoxy) is 1. The van der Waals surface area contributed by atoms with Crippen molar-refractivity contribution in [1.82, 2.24) is 5.32 Å². The molecule has 0 aliphatic heterocycles. The number of thiophene rings is 1. The van der Waals surface area contributed by atoms with Crippen molar-refractivity contribution in [3.05, 3.63) is 29.1 Å². The van der Waals surface area contributed by atoms with E-state index < -0.39 is 0 Å². The van der Waals surface area contributed by atoms with Gasteiger partial charge in [-0.3, -0.25) is 9.59 Å². The van der Waals surface area contributed by atoms with E-state index in [4.69, 9.17) is 4.74 Å². The largest absolute Gasteiger partial charge is 0.427 e. The summed E-state index contributed by atoms with van der Waals surface area (Å²) in [6.07, 6.45) is 5.76. The van der Waals surface area contributed by atoms with E-state index in [1.807, 2.05) is 11.4 Å². The van der Waals surface area contributed by atoms with Gasteiger partial charge in [0, 0.05) is 28.4 Å². The molecule has 1 aliphatic carbocycles. The fourth-order valence-electron chi connectivity index (χ4n) is 2.92. The van der Waals surface area contributed by atoms with E-state index >= 15 is 0 Å². The van der Waals surface area contributed by atoms with Crippen LogP contribution >= 0.6 is 11.3 Å². The number of rotatable bonds is 3. The highest BCUT2D eigenvalue weighted by molar-refractivity contribution is 7.17. The molecule has 0 radical (unpaired) electrons. The number of carbonyl (C=O) groups excluding carboxylic acids is 2. The number of esters is 1. The van der Waals surface area contributed by atoms with Crippen LogP contribution in [0.4, 0.5) is 0 Å². The maximum Gasteiger partial charge on any atom is 0.308 e. The Bertz CT molecular complexity index is 701. The van der Waals surface area contributed by atoms with Gasteiger partial charge in [0.2, 0.25) is 0 Å². The van der Waals surface area contributed by atoms with Crippen molar-refractivity contribution in [1.29, 1.82) is 0 Å². The molecule has 4 nitrogen and oxygen atoms in total. The van der Waals surface area contributed by atoms with Crippen molar-refractivity contribution in [3.63, 3.8) is 0 Å². The molecule has 1 saturated carbocycles. The summed E-state index contributed by atoms with van der Waals surface area (Å²) < 4.78 is 6.13. The Morgan fingerprint density at radius 3 is 2.73 bits per heavy atom. The second-order valence-electron chi connectivity index (χ2n) is 5.71. The molecule has 0 atom stereocenters. The van der Waals surface area contributed by atoms with Gasteiger partial charge >= 0.3 is 5.97 Å². The fraction of sp³-hybridized carbons (Fsp3) is 0.412. The number of benzene rings is 1. The summed E-state index contributed by atoms with van der Waals surface area (Å²) in [6.45, 7) is 1.37. The van der Waals surface area contributed by atoms with Crippen LogP contribution in [0.2, 0.25) is 0 Å². The summed E-state index contributed by atoms with van der Waals surface area (Å²) in [4.78, 5) is 23.6. The minimum absolute atomic E-state index is 0.0295. The number of carbonyl (C=O) groups is 2. The topological polar surface area (TPSA) is 55.4 Å². The van der Waals surface area contributed by atoms with E-state index in [2.05, 4.69) is 5.32 Å². The first kappa shape index (κ1) is 15.0. The highest BCUT2D eigenvalue weighted by Crippen LogP contribution is 2.30. The van der Waals surface area contributed by atoms with Crippen molar-refractivity contribution >= 4 is 33.3 Å². The Labute approximate surface area is 133 Å². The molecule has 116 valence electrons. The van der Waals surface area contributed by atoms with Crippen LogP contribution in [0.3, 0.4) is 0 Å². The zero-order chi connectivity index (χ0) is 15.5. The van der Waals surface area contributed by atoms with Crippen molar-refractivity contribution in [2.75, 3.05) is 0 Å². The minimum Gasteiger partial charge on any atom is -0.427 e. The number of hydrogen-bond acceptors (Lipinski definition) is 4. The van der Waals surface area contributed by atoms with Crippen LogP contribution in [0, 0.1) is 0 Å². The number of fused-ring (bicyclic) bond motifs is 1. The van der Waals surface area contributed by atoms with E-state index in [1.54, 1.807) is 12.1 Å². The highest BCUT2D eigenvalue weighted by atomic mass is 32.1. The quantitative estimate of drug-likeness (QED) is 0.690. The predicted octanol–water partition coefficient (Wildman–Crippen LogP) is 3.89. The zero-order valence-corrected chi connectivity index (χ0v) is 13.4. The maximum absolute atomic E-state index is 12.5. The van der Waals surface area contributed by atoms with Gasteiger partial charge in [-0.15, -0.1) is 11.3 Å². The molecule has 2 aromatic rings. The smallest absolute Gasteiger partial charge is 0.308 e. The Morgan fingerprint density at radius 2 is 2.00 bits per heavy atom. The Balaban J connectivity index is 1.82. The Hall–Kier alpha value is -1.88. The van der Waals surface area contributed by atoms with Gasteiger partial charge < -0.3 is 10.1 Å². The van der Waals surface area contributed by atoms with Crippen molar-refractivity contribution in [2.45, 2.75) is 45.1 Å². The molecule has 22 heavy (non-hydrogen) atoms. The summed E-state index contributed by atoms with van der Waals surface area (Å²) >= 11 is 1.53. The van der Waals surface area contributed by atoms with Crippen LogP contribution in [0.5, 0.6) is 5.75 Å². The lowest BCUT2D eigenvalue weighted by Gasteiger charge is -2.22. The molecule has 0 spiro atoms. The highest BCUT2D eigenvalue weighted by Gasteiger charge is 2.19. The van der Waals surface area contributed by atoms with Gasteiger partial charge in [0.15, 0.2) is 0 Å². The molecule has 5 heteroatoms. The lowest BCUT2D eigenvalue weighted by molar-refractivity contribution is -0.131. The molecule has 1 heterocycles. The average Bonchev–Trinajstić information content (AvgIpc) is 2.91. The molecule has 0 bridgehead atoms. The third-order valence-corrected chi connectivity index (χ3v) is 4.96. The molecule has 1 fully saturated rings. The first-order valence-electron chi connectivity index (χ1n) is 7.64. The fourth-order valence-corrected chi connectivity index (χ4v) is 3.84. The van der Waals surface area contributed by atoms with Crippen molar-refractivity contribution in [2.24, 2.45) is 0 Å². The van der Waals surface area contributed by atoms with E-state index in [-0.39, 0.29) is 17.9 Å². The summed E-state index contributed by atoms with van der Waals surface area (Å²) in [5, 5.41) is 5.85. The Morgan fingerprint density at radius 1 is 1.23 bits per heavy atom. The van der Waals surface area contributed by atoms with Crippen LogP contribution < -0.4 is 10.1 Å². The molecular formula is C17H19NO3S. The van der Waals surface area contributed by atoms with Gasteiger partial charge in [-0.2, -0.15) is 0 Å². The molecule has 0 unspecified atom stereocenters. The van der Waals surface area contributed by atoms with Crippen LogP contribution in [0.15, 0.2) is 23.6 Å². The molecule has 1 amide bonds. The standard InChI is InChI=1S/C17H19NO3S/c1-11(19)21-13-7-8-16-14(9-13)15(10-22-16)17(20)18-12-5-3-2-4-6-12/h7-10,12H,2-6H2,1H3,(H,18,20). The van der Waals surface area contributed by atoms with Crippen molar-refractivity contribution in [3.8, 4) is 5.75 Å². The van der Waals surface area contributed by atoms with Gasteiger partial charge in [-0.1, -0.05) is 19.3 Å². The lowest BCUT2D eigenvalue weighted by Crippen LogP contribution is -2.36. The van der Waals surface area contributed by atoms with E-state index in [0.29, 0.717) is 11.3 Å². The van der Waals surface area contributed by atoms with Crippen molar-refractivity contribution < 1.29 is 14.3 Å². The van der Waals surface area contributed by atoms with Gasteiger partial charge in [0.1, 0.15) is 5.75 Å². The van der Waals surface area contributed by atoms with Crippen LogP contribution in [-0.4, -0.2) is 17.9 Å². The second kappa shape index (κ2) is 6.48. The first-order valence-corrected chi connectivity index (χ1v) is 8.52. The van der Waals surface area contributed by atoms with Crippen LogP contribution in [0.25, 0.3) is 10.1 Å². The maximum atomic E-state index is 12.5. The number of nitrogens with one attached hydrogen (secondary N) is 1. The van der Waals surface area contributed by atoms with Gasteiger partial charge in [-0.05, 0) is 31.0 Å². The summed E-state index contributed by atoms with van der Waals surface area (Å²) in [7, 11) is 0. The number of hydrogen-bond donors (Lipinski definition) is 1. The minimum atomic E-state index is -0.359. The monoisotopic (exact) mass is 317 g/mol. The molecule has 1 N–H and O–H groups in total.